The van der Waals surface area contributed by atoms with Gasteiger partial charge in [-0.25, -0.2) is 0 Å². The highest BCUT2D eigenvalue weighted by Crippen LogP contribution is 2.25. The van der Waals surface area contributed by atoms with E-state index in [1.807, 2.05) is 6.92 Å². The van der Waals surface area contributed by atoms with Crippen molar-refractivity contribution in [3.63, 3.8) is 0 Å². The fraction of sp³-hybridized carbons (Fsp3) is 0.846. The first-order chi connectivity index (χ1) is 28.6. The highest BCUT2D eigenvalue weighted by atomic mass is 16.6. The summed E-state index contributed by atoms with van der Waals surface area (Å²) < 4.78 is 47.8. The van der Waals surface area contributed by atoms with E-state index in [1.54, 1.807) is 41.5 Å². The Morgan fingerprint density at radius 2 is 0.600 bits per heavy atom. The van der Waals surface area contributed by atoms with E-state index in [9.17, 15) is 44.1 Å². The summed E-state index contributed by atoms with van der Waals surface area (Å²) in [4.78, 5) is 77.3. The van der Waals surface area contributed by atoms with Crippen molar-refractivity contribution in [3.05, 3.63) is 0 Å². The van der Waals surface area contributed by atoms with Crippen molar-refractivity contribution >= 4 is 35.8 Å². The van der Waals surface area contributed by atoms with E-state index in [0.717, 1.165) is 0 Å². The quantitative estimate of drug-likeness (QED) is 0.0490. The zero-order chi connectivity index (χ0) is 45.3. The van der Waals surface area contributed by atoms with Crippen LogP contribution in [-0.4, -0.2) is 222 Å². The Morgan fingerprint density at radius 3 is 0.767 bits per heavy atom. The van der Waals surface area contributed by atoms with Crippen molar-refractivity contribution in [2.75, 3.05) is 138 Å². The summed E-state index contributed by atoms with van der Waals surface area (Å²) in [6, 6.07) is 0. The molecule has 0 amide bonds. The van der Waals surface area contributed by atoms with Crippen LogP contribution in [0, 0.1) is 5.41 Å². The molecule has 3 N–H and O–H groups in total. The minimum atomic E-state index is -1.16. The average molecular weight is 870 g/mol. The molecule has 0 radical (unpaired) electrons. The highest BCUT2D eigenvalue weighted by molar-refractivity contribution is 5.76. The molecule has 60 heavy (non-hydrogen) atoms. The second kappa shape index (κ2) is 34.1. The van der Waals surface area contributed by atoms with Crippen LogP contribution in [0.15, 0.2) is 0 Å². The fourth-order valence-electron chi connectivity index (χ4n) is 5.61. The first-order valence-electron chi connectivity index (χ1n) is 20.5. The van der Waals surface area contributed by atoms with E-state index >= 15 is 0 Å². The zero-order valence-corrected chi connectivity index (χ0v) is 36.6. The van der Waals surface area contributed by atoms with Crippen molar-refractivity contribution in [1.82, 2.24) is 14.7 Å². The number of carbonyl (C=O) groups excluding carboxylic acids is 6. The zero-order valence-electron chi connectivity index (χ0n) is 36.6. The Bertz CT molecular complexity index is 1030. The Kier molecular flexibility index (Phi) is 32.1. The topological polar surface area (TPSA) is 256 Å². The van der Waals surface area contributed by atoms with Gasteiger partial charge in [-0.1, -0.05) is 6.92 Å². The molecule has 0 aliphatic heterocycles. The minimum Gasteiger partial charge on any atom is -0.465 e. The van der Waals surface area contributed by atoms with Gasteiger partial charge in [0, 0.05) is 25.0 Å². The van der Waals surface area contributed by atoms with Crippen LogP contribution in [0.2, 0.25) is 0 Å². The van der Waals surface area contributed by atoms with Gasteiger partial charge in [0.15, 0.2) is 0 Å². The van der Waals surface area contributed by atoms with Gasteiger partial charge in [-0.15, -0.1) is 0 Å². The number of hydrogen-bond acceptors (Lipinski definition) is 21. The molecule has 0 fully saturated rings. The third-order valence-corrected chi connectivity index (χ3v) is 8.26. The number of ether oxygens (including phenoxy) is 9. The molecule has 0 saturated heterocycles. The molecule has 0 saturated carbocycles. The fourth-order valence-corrected chi connectivity index (χ4v) is 5.61. The van der Waals surface area contributed by atoms with Gasteiger partial charge in [-0.2, -0.15) is 0 Å². The van der Waals surface area contributed by atoms with Gasteiger partial charge < -0.3 is 58.0 Å². The summed E-state index contributed by atoms with van der Waals surface area (Å²) in [6.07, 6.45) is -3.11. The van der Waals surface area contributed by atoms with Crippen molar-refractivity contribution < 1.29 is 86.7 Å². The standard InChI is InChI=1S/C39H71N3O18/c1-8-39(27-52-24-30(43)15-40(18-33(46)55-9-2)19-34(47)56-10-3,28-53-25-31(44)16-41(20-35(48)57-11-4)21-36(49)58-12-5)29-54-26-32(45)17-42(22-37(50)59-13-6)23-38(51)60-14-7/h30-32,43-45H,8-29H2,1-7H3. The van der Waals surface area contributed by atoms with Gasteiger partial charge in [0.2, 0.25) is 0 Å². The summed E-state index contributed by atoms with van der Waals surface area (Å²) in [5.74, 6) is -3.54. The van der Waals surface area contributed by atoms with Crippen molar-refractivity contribution in [1.29, 1.82) is 0 Å². The lowest BCUT2D eigenvalue weighted by molar-refractivity contribution is -0.150. The number of rotatable bonds is 37. The molecule has 0 spiro atoms. The monoisotopic (exact) mass is 869 g/mol. The molecule has 350 valence electrons. The number of nitrogens with zero attached hydrogens (tertiary/aromatic N) is 3. The van der Waals surface area contributed by atoms with E-state index in [4.69, 9.17) is 42.6 Å². The van der Waals surface area contributed by atoms with E-state index in [-0.39, 0.29) is 138 Å². The number of hydrogen-bond donors (Lipinski definition) is 3. The third-order valence-electron chi connectivity index (χ3n) is 8.26. The van der Waals surface area contributed by atoms with Crippen LogP contribution in [-0.2, 0) is 71.4 Å². The van der Waals surface area contributed by atoms with Crippen LogP contribution >= 0.6 is 0 Å². The van der Waals surface area contributed by atoms with Gasteiger partial charge >= 0.3 is 35.8 Å². The Balaban J connectivity index is 5.93. The lowest BCUT2D eigenvalue weighted by atomic mass is 9.88. The third kappa shape index (κ3) is 28.1. The molecule has 3 atom stereocenters. The lowest BCUT2D eigenvalue weighted by Gasteiger charge is -2.34. The van der Waals surface area contributed by atoms with E-state index in [2.05, 4.69) is 0 Å². The average Bonchev–Trinajstić information content (AvgIpc) is 3.15. The maximum Gasteiger partial charge on any atom is 0.320 e. The molecule has 3 unspecified atom stereocenters. The molecule has 0 aromatic rings. The second-order valence-corrected chi connectivity index (χ2v) is 13.7. The molecule has 0 aromatic carbocycles. The molecular formula is C39H71N3O18. The summed E-state index contributed by atoms with van der Waals surface area (Å²) >= 11 is 0. The molecule has 0 rings (SSSR count). The Hall–Kier alpha value is -3.54. The molecule has 0 aliphatic rings. The van der Waals surface area contributed by atoms with Gasteiger partial charge in [0.1, 0.15) is 0 Å². The molecule has 0 aliphatic carbocycles. The van der Waals surface area contributed by atoms with Crippen molar-refractivity contribution in [2.45, 2.75) is 73.2 Å². The number of aliphatic hydroxyl groups is 3. The van der Waals surface area contributed by atoms with E-state index < -0.39 is 59.5 Å². The van der Waals surface area contributed by atoms with Crippen LogP contribution in [0.3, 0.4) is 0 Å². The largest absolute Gasteiger partial charge is 0.465 e. The predicted molar refractivity (Wildman–Crippen MR) is 212 cm³/mol. The SMILES string of the molecule is CCOC(=O)CN(CC(=O)OCC)CC(O)COCC(CC)(COCC(O)CN(CC(=O)OCC)CC(=O)OCC)COCC(O)CN(CC(=O)OCC)CC(=O)OCC. The van der Waals surface area contributed by atoms with E-state index in [1.165, 1.54) is 14.7 Å². The summed E-state index contributed by atoms with van der Waals surface area (Å²) in [6.45, 7) is 9.57. The second-order valence-electron chi connectivity index (χ2n) is 13.7. The first-order valence-corrected chi connectivity index (χ1v) is 20.5. The highest BCUT2D eigenvalue weighted by Gasteiger charge is 2.32. The minimum absolute atomic E-state index is 0.0574. The maximum atomic E-state index is 12.2. The number of aliphatic hydroxyl groups excluding tert-OH is 3. The van der Waals surface area contributed by atoms with E-state index in [0.29, 0.717) is 6.42 Å². The predicted octanol–water partition coefficient (Wildman–Crippen LogP) is -1.20. The van der Waals surface area contributed by atoms with Crippen LogP contribution in [0.4, 0.5) is 0 Å². The van der Waals surface area contributed by atoms with Crippen LogP contribution in [0.1, 0.15) is 54.9 Å². The molecule has 0 bridgehead atoms. The Morgan fingerprint density at radius 1 is 0.400 bits per heavy atom. The number of esters is 6. The molecule has 0 heterocycles. The molecule has 21 nitrogen and oxygen atoms in total. The van der Waals surface area contributed by atoms with Crippen molar-refractivity contribution in [2.24, 2.45) is 5.41 Å². The Labute approximate surface area is 353 Å². The smallest absolute Gasteiger partial charge is 0.320 e. The van der Waals surface area contributed by atoms with Gasteiger partial charge in [0.05, 0.1) is 137 Å². The van der Waals surface area contributed by atoms with Gasteiger partial charge in [0.25, 0.3) is 0 Å². The lowest BCUT2D eigenvalue weighted by Crippen LogP contribution is -2.44. The van der Waals surface area contributed by atoms with Crippen molar-refractivity contribution in [3.8, 4) is 0 Å². The van der Waals surface area contributed by atoms with Gasteiger partial charge in [-0.05, 0) is 48.0 Å². The molecule has 0 aromatic heterocycles. The van der Waals surface area contributed by atoms with Crippen LogP contribution in [0.5, 0.6) is 0 Å². The molecular weight excluding hydrogens is 798 g/mol. The maximum absolute atomic E-state index is 12.2. The first kappa shape index (κ1) is 56.5. The normalized spacial score (nSPS) is 13.9. The van der Waals surface area contributed by atoms with Crippen LogP contribution in [0.25, 0.3) is 0 Å². The van der Waals surface area contributed by atoms with Crippen LogP contribution < -0.4 is 0 Å². The summed E-state index contributed by atoms with van der Waals surface area (Å²) in [5.41, 5.74) is -0.931. The summed E-state index contributed by atoms with van der Waals surface area (Å²) in [5, 5.41) is 32.7. The number of carbonyl (C=O) groups is 6. The summed E-state index contributed by atoms with van der Waals surface area (Å²) in [7, 11) is 0. The molecule has 21 heteroatoms. The van der Waals surface area contributed by atoms with Gasteiger partial charge in [-0.3, -0.25) is 43.5 Å².